The summed E-state index contributed by atoms with van der Waals surface area (Å²) >= 11 is 0. The molecule has 1 fully saturated rings. The van der Waals surface area contributed by atoms with Gasteiger partial charge in [0.2, 0.25) is 0 Å². The van der Waals surface area contributed by atoms with E-state index in [0.717, 1.165) is 42.8 Å². The summed E-state index contributed by atoms with van der Waals surface area (Å²) in [6, 6.07) is 10.3. The van der Waals surface area contributed by atoms with Gasteiger partial charge in [0, 0.05) is 31.6 Å². The van der Waals surface area contributed by atoms with Crippen LogP contribution in [0.25, 0.3) is 10.9 Å². The van der Waals surface area contributed by atoms with Gasteiger partial charge in [0.1, 0.15) is 0 Å². The molecule has 19 heavy (non-hydrogen) atoms. The Hall–Kier alpha value is -2.19. The average molecular weight is 253 g/mol. The Balaban J connectivity index is 1.84. The van der Waals surface area contributed by atoms with Crippen molar-refractivity contribution in [3.05, 3.63) is 30.5 Å². The van der Waals surface area contributed by atoms with Crippen molar-refractivity contribution in [2.45, 2.75) is 0 Å². The van der Waals surface area contributed by atoms with Gasteiger partial charge in [0.15, 0.2) is 0 Å². The van der Waals surface area contributed by atoms with E-state index < -0.39 is 0 Å². The van der Waals surface area contributed by atoms with Crippen LogP contribution in [-0.2, 0) is 0 Å². The number of anilines is 1. The van der Waals surface area contributed by atoms with Crippen LogP contribution in [0.3, 0.4) is 0 Å². The summed E-state index contributed by atoms with van der Waals surface area (Å²) < 4.78 is 0. The number of piperazine rings is 1. The van der Waals surface area contributed by atoms with E-state index >= 15 is 0 Å². The molecule has 5 heteroatoms. The first-order valence-electron chi connectivity index (χ1n) is 6.43. The minimum Gasteiger partial charge on any atom is -0.367 e. The molecule has 0 unspecified atom stereocenters. The molecule has 0 amide bonds. The van der Waals surface area contributed by atoms with Crippen LogP contribution in [-0.4, -0.2) is 47.8 Å². The van der Waals surface area contributed by atoms with E-state index in [0.29, 0.717) is 6.54 Å². The molecule has 3 rings (SSSR count). The lowest BCUT2D eigenvalue weighted by molar-refractivity contribution is 0.287. The van der Waals surface area contributed by atoms with Crippen molar-refractivity contribution in [1.29, 1.82) is 5.26 Å². The van der Waals surface area contributed by atoms with Crippen LogP contribution in [0, 0.1) is 11.3 Å². The smallest absolute Gasteiger partial charge is 0.0950 e. The predicted molar refractivity (Wildman–Crippen MR) is 73.8 cm³/mol. The zero-order chi connectivity index (χ0) is 13.1. The maximum Gasteiger partial charge on any atom is 0.0950 e. The first kappa shape index (κ1) is 11.9. The lowest BCUT2D eigenvalue weighted by Gasteiger charge is -2.35. The molecule has 0 spiro atoms. The molecule has 0 aliphatic carbocycles. The summed E-state index contributed by atoms with van der Waals surface area (Å²) in [5, 5.41) is 18.1. The summed E-state index contributed by atoms with van der Waals surface area (Å²) in [4.78, 5) is 4.50. The van der Waals surface area contributed by atoms with Gasteiger partial charge in [0.05, 0.1) is 30.0 Å². The molecular formula is C14H15N5. The van der Waals surface area contributed by atoms with Gasteiger partial charge >= 0.3 is 0 Å². The van der Waals surface area contributed by atoms with E-state index in [1.54, 1.807) is 0 Å². The van der Waals surface area contributed by atoms with E-state index in [1.165, 1.54) is 0 Å². The summed E-state index contributed by atoms with van der Waals surface area (Å²) in [5.41, 5.74) is 2.07. The molecular weight excluding hydrogens is 238 g/mol. The molecule has 5 nitrogen and oxygen atoms in total. The number of aromatic nitrogens is 2. The fourth-order valence-electron chi connectivity index (χ4n) is 2.49. The molecule has 1 aliphatic heterocycles. The predicted octanol–water partition coefficient (Wildman–Crippen LogP) is 1.28. The van der Waals surface area contributed by atoms with Crippen molar-refractivity contribution >= 4 is 16.6 Å². The number of nitriles is 1. The van der Waals surface area contributed by atoms with Gasteiger partial charge in [0.25, 0.3) is 0 Å². The second-order valence-corrected chi connectivity index (χ2v) is 4.67. The van der Waals surface area contributed by atoms with E-state index in [1.807, 2.05) is 24.4 Å². The molecule has 0 N–H and O–H groups in total. The highest BCUT2D eigenvalue weighted by molar-refractivity contribution is 5.90. The number of hydrogen-bond acceptors (Lipinski definition) is 5. The number of fused-ring (bicyclic) bond motifs is 1. The fraction of sp³-hybridized carbons (Fsp3) is 0.357. The first-order valence-corrected chi connectivity index (χ1v) is 6.43. The molecule has 0 saturated carbocycles. The van der Waals surface area contributed by atoms with Gasteiger partial charge in [-0.05, 0) is 6.07 Å². The van der Waals surface area contributed by atoms with Crippen LogP contribution in [0.2, 0.25) is 0 Å². The largest absolute Gasteiger partial charge is 0.367 e. The van der Waals surface area contributed by atoms with Crippen molar-refractivity contribution < 1.29 is 0 Å². The Kier molecular flexibility index (Phi) is 3.25. The molecule has 1 aromatic carbocycles. The minimum absolute atomic E-state index is 0.517. The third kappa shape index (κ3) is 2.35. The molecule has 0 radical (unpaired) electrons. The Labute approximate surface area is 112 Å². The van der Waals surface area contributed by atoms with E-state index in [4.69, 9.17) is 5.26 Å². The van der Waals surface area contributed by atoms with Gasteiger partial charge in [-0.25, -0.2) is 0 Å². The Morgan fingerprint density at radius 3 is 2.74 bits per heavy atom. The summed E-state index contributed by atoms with van der Waals surface area (Å²) in [6.45, 7) is 4.21. The molecule has 1 aliphatic rings. The van der Waals surface area contributed by atoms with Crippen molar-refractivity contribution in [2.24, 2.45) is 0 Å². The van der Waals surface area contributed by atoms with Crippen LogP contribution in [0.5, 0.6) is 0 Å². The first-order chi connectivity index (χ1) is 9.38. The number of rotatable bonds is 2. The van der Waals surface area contributed by atoms with Crippen LogP contribution in [0.1, 0.15) is 0 Å². The van der Waals surface area contributed by atoms with Crippen LogP contribution >= 0.6 is 0 Å². The van der Waals surface area contributed by atoms with Gasteiger partial charge in [-0.15, -0.1) is 0 Å². The normalized spacial score (nSPS) is 16.5. The molecule has 1 saturated heterocycles. The van der Waals surface area contributed by atoms with Crippen molar-refractivity contribution in [3.8, 4) is 6.07 Å². The highest BCUT2D eigenvalue weighted by atomic mass is 15.3. The van der Waals surface area contributed by atoms with Crippen molar-refractivity contribution in [3.63, 3.8) is 0 Å². The molecule has 0 atom stereocenters. The third-order valence-corrected chi connectivity index (χ3v) is 3.53. The Morgan fingerprint density at radius 1 is 1.16 bits per heavy atom. The number of benzene rings is 1. The maximum atomic E-state index is 8.72. The highest BCUT2D eigenvalue weighted by Crippen LogP contribution is 2.24. The number of nitrogens with zero attached hydrogens (tertiary/aromatic N) is 5. The SMILES string of the molecule is N#CCN1CCN(c2cnnc3ccccc23)CC1. The molecule has 1 aromatic heterocycles. The third-order valence-electron chi connectivity index (χ3n) is 3.53. The van der Waals surface area contributed by atoms with Gasteiger partial charge in [-0.2, -0.15) is 15.5 Å². The molecule has 0 bridgehead atoms. The maximum absolute atomic E-state index is 8.72. The Morgan fingerprint density at radius 2 is 1.95 bits per heavy atom. The lowest BCUT2D eigenvalue weighted by Crippen LogP contribution is -2.46. The zero-order valence-corrected chi connectivity index (χ0v) is 10.7. The molecule has 96 valence electrons. The van der Waals surface area contributed by atoms with Crippen molar-refractivity contribution in [2.75, 3.05) is 37.6 Å². The van der Waals surface area contributed by atoms with Gasteiger partial charge < -0.3 is 4.90 Å². The second-order valence-electron chi connectivity index (χ2n) is 4.67. The second kappa shape index (κ2) is 5.21. The summed E-state index contributed by atoms with van der Waals surface area (Å²) in [5.74, 6) is 0. The van der Waals surface area contributed by atoms with Crippen molar-refractivity contribution in [1.82, 2.24) is 15.1 Å². The van der Waals surface area contributed by atoms with E-state index in [2.05, 4.69) is 32.1 Å². The highest BCUT2D eigenvalue weighted by Gasteiger charge is 2.18. The monoisotopic (exact) mass is 253 g/mol. The molecule has 2 heterocycles. The van der Waals surface area contributed by atoms with Gasteiger partial charge in [-0.1, -0.05) is 18.2 Å². The van der Waals surface area contributed by atoms with E-state index in [-0.39, 0.29) is 0 Å². The summed E-state index contributed by atoms with van der Waals surface area (Å²) in [7, 11) is 0. The summed E-state index contributed by atoms with van der Waals surface area (Å²) in [6.07, 6.45) is 1.84. The Bertz CT molecular complexity index is 605. The standard InChI is InChI=1S/C14H15N5/c15-5-6-18-7-9-19(10-8-18)14-11-16-17-13-4-2-1-3-12(13)14/h1-4,11H,6-10H2. The quantitative estimate of drug-likeness (QED) is 0.754. The van der Waals surface area contributed by atoms with Crippen LogP contribution in [0.15, 0.2) is 30.5 Å². The average Bonchev–Trinajstić information content (AvgIpc) is 2.48. The zero-order valence-electron chi connectivity index (χ0n) is 10.7. The van der Waals surface area contributed by atoms with E-state index in [9.17, 15) is 0 Å². The lowest BCUT2D eigenvalue weighted by atomic mass is 10.2. The fourth-order valence-corrected chi connectivity index (χ4v) is 2.49. The topological polar surface area (TPSA) is 56.1 Å². The van der Waals surface area contributed by atoms with Crippen LogP contribution in [0.4, 0.5) is 5.69 Å². The number of hydrogen-bond donors (Lipinski definition) is 0. The molecule has 2 aromatic rings. The van der Waals surface area contributed by atoms with Gasteiger partial charge in [-0.3, -0.25) is 4.90 Å². The van der Waals surface area contributed by atoms with Crippen LogP contribution < -0.4 is 4.90 Å². The minimum atomic E-state index is 0.517.